The summed E-state index contributed by atoms with van der Waals surface area (Å²) in [5.74, 6) is 0. The van der Waals surface area contributed by atoms with Crippen LogP contribution in [0.1, 0.15) is 0 Å². The average Bonchev–Trinajstić information content (AvgIpc) is 3.88. The van der Waals surface area contributed by atoms with E-state index in [-0.39, 0.29) is 0 Å². The van der Waals surface area contributed by atoms with Gasteiger partial charge in [0.2, 0.25) is 0 Å². The van der Waals surface area contributed by atoms with Gasteiger partial charge in [-0.25, -0.2) is 0 Å². The molecule has 2 aromatic heterocycles. The van der Waals surface area contributed by atoms with Crippen LogP contribution in [0.5, 0.6) is 0 Å². The normalized spacial score (nSPS) is 11.7. The zero-order valence-corrected chi connectivity index (χ0v) is 32.8. The van der Waals surface area contributed by atoms with Gasteiger partial charge in [0.25, 0.3) is 0 Å². The highest BCUT2D eigenvalue weighted by molar-refractivity contribution is 7.25. The Morgan fingerprint density at radius 3 is 1.81 bits per heavy atom. The Bertz CT molecular complexity index is 3570. The van der Waals surface area contributed by atoms with Crippen LogP contribution in [0, 0.1) is 0 Å². The summed E-state index contributed by atoms with van der Waals surface area (Å²) in [6.07, 6.45) is 0. The third-order valence-corrected chi connectivity index (χ3v) is 13.0. The molecular weight excluding hydrogens is 735 g/mol. The minimum atomic E-state index is 0.892. The van der Waals surface area contributed by atoms with E-state index in [1.165, 1.54) is 58.6 Å². The van der Waals surface area contributed by atoms with E-state index in [9.17, 15) is 0 Å². The van der Waals surface area contributed by atoms with Gasteiger partial charge < -0.3 is 9.32 Å². The Balaban J connectivity index is 0.994. The van der Waals surface area contributed by atoms with Gasteiger partial charge in [-0.1, -0.05) is 146 Å². The van der Waals surface area contributed by atoms with Gasteiger partial charge >= 0.3 is 0 Å². The van der Waals surface area contributed by atoms with Crippen LogP contribution in [0.15, 0.2) is 217 Å². The number of anilines is 3. The van der Waals surface area contributed by atoms with E-state index in [1.54, 1.807) is 0 Å². The summed E-state index contributed by atoms with van der Waals surface area (Å²) in [5.41, 5.74) is 12.1. The van der Waals surface area contributed by atoms with Crippen molar-refractivity contribution in [1.82, 2.24) is 0 Å². The topological polar surface area (TPSA) is 16.4 Å². The van der Waals surface area contributed by atoms with Crippen molar-refractivity contribution in [2.45, 2.75) is 0 Å². The van der Waals surface area contributed by atoms with E-state index in [1.807, 2.05) is 11.3 Å². The molecule has 0 amide bonds. The van der Waals surface area contributed by atoms with Crippen LogP contribution in [0.25, 0.3) is 97.0 Å². The Morgan fingerprint density at radius 1 is 0.339 bits per heavy atom. The van der Waals surface area contributed by atoms with E-state index < -0.39 is 0 Å². The van der Waals surface area contributed by atoms with Gasteiger partial charge in [0, 0.05) is 53.4 Å². The maximum absolute atomic E-state index is 6.60. The van der Waals surface area contributed by atoms with Crippen molar-refractivity contribution in [3.05, 3.63) is 212 Å². The molecule has 276 valence electrons. The van der Waals surface area contributed by atoms with Crippen LogP contribution < -0.4 is 4.90 Å². The maximum atomic E-state index is 6.60. The first kappa shape index (κ1) is 33.7. The first-order valence-electron chi connectivity index (χ1n) is 20.1. The van der Waals surface area contributed by atoms with Crippen LogP contribution in [-0.2, 0) is 0 Å². The largest absolute Gasteiger partial charge is 0.455 e. The van der Waals surface area contributed by atoms with Gasteiger partial charge in [-0.05, 0) is 116 Å². The molecule has 3 heteroatoms. The molecule has 0 aliphatic carbocycles. The van der Waals surface area contributed by atoms with Crippen LogP contribution in [-0.4, -0.2) is 0 Å². The lowest BCUT2D eigenvalue weighted by atomic mass is 9.97. The van der Waals surface area contributed by atoms with Crippen molar-refractivity contribution in [3.8, 4) is 33.4 Å². The fourth-order valence-electron chi connectivity index (χ4n) is 8.96. The highest BCUT2D eigenvalue weighted by Crippen LogP contribution is 2.43. The quantitative estimate of drug-likeness (QED) is 0.167. The molecule has 0 saturated heterocycles. The van der Waals surface area contributed by atoms with Crippen molar-refractivity contribution >= 4 is 92.1 Å². The van der Waals surface area contributed by atoms with Crippen LogP contribution in [0.2, 0.25) is 0 Å². The zero-order chi connectivity index (χ0) is 38.9. The highest BCUT2D eigenvalue weighted by atomic mass is 32.1. The number of furan rings is 1. The van der Waals surface area contributed by atoms with Crippen LogP contribution >= 0.6 is 11.3 Å². The molecule has 0 bridgehead atoms. The van der Waals surface area contributed by atoms with Crippen molar-refractivity contribution in [3.63, 3.8) is 0 Å². The highest BCUT2D eigenvalue weighted by Gasteiger charge is 2.18. The third kappa shape index (κ3) is 5.70. The summed E-state index contributed by atoms with van der Waals surface area (Å²) >= 11 is 1.86. The maximum Gasteiger partial charge on any atom is 0.143 e. The lowest BCUT2D eigenvalue weighted by molar-refractivity contribution is 0.673. The average molecular weight is 770 g/mol. The van der Waals surface area contributed by atoms with Gasteiger partial charge in [-0.3, -0.25) is 0 Å². The van der Waals surface area contributed by atoms with E-state index in [0.29, 0.717) is 0 Å². The second kappa shape index (κ2) is 13.6. The van der Waals surface area contributed by atoms with Gasteiger partial charge in [-0.15, -0.1) is 11.3 Å². The van der Waals surface area contributed by atoms with E-state index in [4.69, 9.17) is 4.42 Å². The summed E-state index contributed by atoms with van der Waals surface area (Å²) in [6.45, 7) is 0. The summed E-state index contributed by atoms with van der Waals surface area (Å²) in [5, 5.41) is 9.68. The first-order chi connectivity index (χ1) is 29.2. The van der Waals surface area contributed by atoms with Crippen molar-refractivity contribution in [2.75, 3.05) is 4.90 Å². The molecule has 0 radical (unpaired) electrons. The van der Waals surface area contributed by atoms with Crippen LogP contribution in [0.4, 0.5) is 17.1 Å². The van der Waals surface area contributed by atoms with E-state index in [2.05, 4.69) is 217 Å². The molecule has 0 unspecified atom stereocenters. The number of thiophene rings is 1. The Morgan fingerprint density at radius 2 is 0.949 bits per heavy atom. The molecule has 0 atom stereocenters. The van der Waals surface area contributed by atoms with Crippen molar-refractivity contribution in [2.24, 2.45) is 0 Å². The number of nitrogens with zero attached hydrogens (tertiary/aromatic N) is 1. The lowest BCUT2D eigenvalue weighted by Crippen LogP contribution is -2.10. The molecule has 10 aromatic carbocycles. The number of hydrogen-bond acceptors (Lipinski definition) is 3. The predicted molar refractivity (Wildman–Crippen MR) is 253 cm³/mol. The molecule has 0 aliphatic heterocycles. The predicted octanol–water partition coefficient (Wildman–Crippen LogP) is 16.7. The number of benzene rings is 10. The van der Waals surface area contributed by atoms with Crippen molar-refractivity contribution in [1.29, 1.82) is 0 Å². The van der Waals surface area contributed by atoms with E-state index >= 15 is 0 Å². The number of hydrogen-bond donors (Lipinski definition) is 0. The Labute approximate surface area is 345 Å². The summed E-state index contributed by atoms with van der Waals surface area (Å²) < 4.78 is 9.24. The SMILES string of the molecule is c1cc(-c2ccc3ccccc3c2)cc(N(c2ccc(-c3ccc4c(c3)sc3ccccc34)cc2)c2cccc(-c3cccc4oc5c6ccccc6ccc5c34)c2)c1. The third-order valence-electron chi connectivity index (χ3n) is 11.8. The molecule has 0 aliphatic rings. The standard InChI is InChI=1S/C56H35NOS/c1-2-12-39-32-41(23-22-36(39)10-1)40-13-7-15-45(33-40)57(44-28-24-37(25-29-44)42-27-30-50-49-18-5-6-21-53(49)59-54(50)35-42)46-16-8-14-43(34-46)47-19-9-20-52-55(47)51-31-26-38-11-3-4-17-48(38)56(51)58-52/h1-35H. The molecule has 2 heterocycles. The van der Waals surface area contributed by atoms with Crippen LogP contribution in [0.3, 0.4) is 0 Å². The monoisotopic (exact) mass is 769 g/mol. The van der Waals surface area contributed by atoms with E-state index in [0.717, 1.165) is 55.5 Å². The molecule has 0 spiro atoms. The second-order valence-corrected chi connectivity index (χ2v) is 16.4. The number of rotatable bonds is 6. The first-order valence-corrected chi connectivity index (χ1v) is 20.9. The Hall–Kier alpha value is -7.46. The molecule has 0 saturated carbocycles. The molecule has 12 aromatic rings. The smallest absolute Gasteiger partial charge is 0.143 e. The molecular formula is C56H35NOS. The fourth-order valence-corrected chi connectivity index (χ4v) is 10.1. The molecule has 59 heavy (non-hydrogen) atoms. The van der Waals surface area contributed by atoms with Gasteiger partial charge in [0.15, 0.2) is 0 Å². The van der Waals surface area contributed by atoms with Gasteiger partial charge in [0.05, 0.1) is 0 Å². The molecule has 0 N–H and O–H groups in total. The molecule has 0 fully saturated rings. The zero-order valence-electron chi connectivity index (χ0n) is 32.0. The van der Waals surface area contributed by atoms with Gasteiger partial charge in [-0.2, -0.15) is 0 Å². The molecule has 2 nitrogen and oxygen atoms in total. The number of fused-ring (bicyclic) bond motifs is 9. The summed E-state index contributed by atoms with van der Waals surface area (Å²) in [6, 6.07) is 77.0. The summed E-state index contributed by atoms with van der Waals surface area (Å²) in [7, 11) is 0. The Kier molecular flexibility index (Phi) is 7.75. The minimum Gasteiger partial charge on any atom is -0.455 e. The second-order valence-electron chi connectivity index (χ2n) is 15.3. The minimum absolute atomic E-state index is 0.892. The summed E-state index contributed by atoms with van der Waals surface area (Å²) in [4.78, 5) is 2.38. The lowest BCUT2D eigenvalue weighted by Gasteiger charge is -2.27. The fraction of sp³-hybridized carbons (Fsp3) is 0. The molecule has 12 rings (SSSR count). The van der Waals surface area contributed by atoms with Gasteiger partial charge in [0.1, 0.15) is 11.2 Å². The van der Waals surface area contributed by atoms with Crippen molar-refractivity contribution < 1.29 is 4.42 Å².